The molecular formula is C22H20N8O3. The van der Waals surface area contributed by atoms with Gasteiger partial charge in [-0.25, -0.2) is 9.67 Å². The molecule has 0 bridgehead atoms. The predicted octanol–water partition coefficient (Wildman–Crippen LogP) is 2.93. The molecule has 5 aromatic rings. The Morgan fingerprint density at radius 2 is 2.06 bits per heavy atom. The molecule has 4 aromatic heterocycles. The molecule has 11 nitrogen and oxygen atoms in total. The van der Waals surface area contributed by atoms with Crippen LogP contribution in [0.15, 0.2) is 64.5 Å². The number of oxazole rings is 1. The average molecular weight is 444 g/mol. The van der Waals surface area contributed by atoms with Gasteiger partial charge in [-0.2, -0.15) is 5.10 Å². The van der Waals surface area contributed by atoms with Gasteiger partial charge in [-0.15, -0.1) is 10.2 Å². The number of carbonyl (C=O) groups excluding carboxylic acids is 1. The molecule has 2 N–H and O–H groups in total. The van der Waals surface area contributed by atoms with E-state index >= 15 is 0 Å². The van der Waals surface area contributed by atoms with Gasteiger partial charge < -0.3 is 15.1 Å². The van der Waals surface area contributed by atoms with Gasteiger partial charge in [0.25, 0.3) is 5.56 Å². The molecule has 1 aromatic carbocycles. The second-order valence-corrected chi connectivity index (χ2v) is 7.79. The Kier molecular flexibility index (Phi) is 5.05. The quantitative estimate of drug-likeness (QED) is 0.409. The highest BCUT2D eigenvalue weighted by Crippen LogP contribution is 2.28. The number of rotatable bonds is 6. The molecule has 166 valence electrons. The van der Waals surface area contributed by atoms with Gasteiger partial charge in [-0.3, -0.25) is 14.0 Å². The Morgan fingerprint density at radius 3 is 2.91 bits per heavy atom. The van der Waals surface area contributed by atoms with Crippen LogP contribution in [0.4, 0.5) is 17.1 Å². The Morgan fingerprint density at radius 1 is 1.18 bits per heavy atom. The van der Waals surface area contributed by atoms with Crippen LogP contribution in [0.5, 0.6) is 0 Å². The number of fused-ring (bicyclic) bond motifs is 2. The molecular weight excluding hydrogens is 424 g/mol. The molecule has 0 saturated carbocycles. The number of anilines is 3. The van der Waals surface area contributed by atoms with Crippen LogP contribution in [0.3, 0.4) is 0 Å². The zero-order valence-electron chi connectivity index (χ0n) is 17.9. The lowest BCUT2D eigenvalue weighted by Gasteiger charge is -2.16. The van der Waals surface area contributed by atoms with Crippen LogP contribution in [0, 0.1) is 0 Å². The highest BCUT2D eigenvalue weighted by atomic mass is 16.3. The predicted molar refractivity (Wildman–Crippen MR) is 121 cm³/mol. The van der Waals surface area contributed by atoms with E-state index in [1.165, 1.54) is 18.8 Å². The molecule has 1 amide bonds. The summed E-state index contributed by atoms with van der Waals surface area (Å²) in [6, 6.07) is 10.4. The fourth-order valence-corrected chi connectivity index (χ4v) is 3.52. The lowest BCUT2D eigenvalue weighted by molar-refractivity contribution is -0.117. The number of pyridine rings is 1. The number of carbonyl (C=O) groups is 1. The largest absolute Gasteiger partial charge is 0.443 e. The second-order valence-electron chi connectivity index (χ2n) is 7.79. The Labute approximate surface area is 187 Å². The third-order valence-corrected chi connectivity index (χ3v) is 5.07. The maximum atomic E-state index is 12.8. The van der Waals surface area contributed by atoms with E-state index in [2.05, 4.69) is 30.9 Å². The lowest BCUT2D eigenvalue weighted by atomic mass is 10.1. The lowest BCUT2D eigenvalue weighted by Crippen LogP contribution is -2.30. The van der Waals surface area contributed by atoms with Crippen molar-refractivity contribution in [3.8, 4) is 0 Å². The van der Waals surface area contributed by atoms with Crippen molar-refractivity contribution in [1.29, 1.82) is 0 Å². The van der Waals surface area contributed by atoms with E-state index in [4.69, 9.17) is 4.42 Å². The Bertz CT molecular complexity index is 1530. The van der Waals surface area contributed by atoms with Crippen LogP contribution in [0.1, 0.15) is 25.5 Å². The molecule has 33 heavy (non-hydrogen) atoms. The summed E-state index contributed by atoms with van der Waals surface area (Å²) >= 11 is 0. The SMILES string of the molecule is CC(C)c1nn(CC(=O)Nc2ccc3nncn3c2)c(=O)cc1Nc1cccc2ocnc12. The summed E-state index contributed by atoms with van der Waals surface area (Å²) in [4.78, 5) is 29.6. The van der Waals surface area contributed by atoms with Crippen molar-refractivity contribution in [1.82, 2.24) is 29.4 Å². The zero-order valence-corrected chi connectivity index (χ0v) is 17.9. The van der Waals surface area contributed by atoms with E-state index in [1.54, 1.807) is 22.7 Å². The Balaban J connectivity index is 1.40. The summed E-state index contributed by atoms with van der Waals surface area (Å²) in [7, 11) is 0. The number of aromatic nitrogens is 6. The summed E-state index contributed by atoms with van der Waals surface area (Å²) < 4.78 is 8.19. The minimum absolute atomic E-state index is 0.00456. The first-order valence-corrected chi connectivity index (χ1v) is 10.3. The van der Waals surface area contributed by atoms with Gasteiger partial charge in [0.1, 0.15) is 18.4 Å². The van der Waals surface area contributed by atoms with Crippen molar-refractivity contribution in [3.63, 3.8) is 0 Å². The molecule has 0 saturated heterocycles. The van der Waals surface area contributed by atoms with Gasteiger partial charge >= 0.3 is 0 Å². The molecule has 0 fully saturated rings. The summed E-state index contributed by atoms with van der Waals surface area (Å²) in [5, 5.41) is 18.2. The highest BCUT2D eigenvalue weighted by Gasteiger charge is 2.16. The number of para-hydroxylation sites is 1. The fraction of sp³-hybridized carbons (Fsp3) is 0.182. The van der Waals surface area contributed by atoms with Crippen LogP contribution in [-0.4, -0.2) is 35.3 Å². The third-order valence-electron chi connectivity index (χ3n) is 5.07. The van der Waals surface area contributed by atoms with Crippen molar-refractivity contribution in [3.05, 3.63) is 71.4 Å². The Hall–Kier alpha value is -4.54. The first kappa shape index (κ1) is 20.4. The molecule has 5 rings (SSSR count). The van der Waals surface area contributed by atoms with E-state index in [0.717, 1.165) is 4.68 Å². The molecule has 0 aliphatic carbocycles. The second kappa shape index (κ2) is 8.19. The van der Waals surface area contributed by atoms with Crippen molar-refractivity contribution >= 4 is 39.7 Å². The number of nitrogens with one attached hydrogen (secondary N) is 2. The molecule has 0 atom stereocenters. The summed E-state index contributed by atoms with van der Waals surface area (Å²) in [6.07, 6.45) is 4.60. The number of amides is 1. The van der Waals surface area contributed by atoms with Gasteiger partial charge in [-0.05, 0) is 30.2 Å². The van der Waals surface area contributed by atoms with E-state index in [-0.39, 0.29) is 18.4 Å². The normalized spacial score (nSPS) is 11.4. The van der Waals surface area contributed by atoms with E-state index in [9.17, 15) is 9.59 Å². The molecule has 0 spiro atoms. The van der Waals surface area contributed by atoms with Crippen molar-refractivity contribution in [2.45, 2.75) is 26.3 Å². The van der Waals surface area contributed by atoms with Gasteiger partial charge in [0.15, 0.2) is 17.6 Å². The van der Waals surface area contributed by atoms with Crippen LogP contribution >= 0.6 is 0 Å². The number of nitrogens with zero attached hydrogens (tertiary/aromatic N) is 6. The van der Waals surface area contributed by atoms with E-state index in [1.807, 2.05) is 32.0 Å². The van der Waals surface area contributed by atoms with E-state index in [0.29, 0.717) is 39.5 Å². The fourth-order valence-electron chi connectivity index (χ4n) is 3.52. The number of hydrogen-bond donors (Lipinski definition) is 2. The first-order chi connectivity index (χ1) is 16.0. The van der Waals surface area contributed by atoms with Gasteiger partial charge in [-0.1, -0.05) is 19.9 Å². The van der Waals surface area contributed by atoms with Crippen LogP contribution in [0.25, 0.3) is 16.7 Å². The van der Waals surface area contributed by atoms with Crippen molar-refractivity contribution in [2.75, 3.05) is 10.6 Å². The molecule has 4 heterocycles. The van der Waals surface area contributed by atoms with Crippen LogP contribution < -0.4 is 16.2 Å². The number of hydrogen-bond acceptors (Lipinski definition) is 8. The van der Waals surface area contributed by atoms with Crippen LogP contribution in [0.2, 0.25) is 0 Å². The van der Waals surface area contributed by atoms with Crippen molar-refractivity contribution < 1.29 is 9.21 Å². The molecule has 0 aliphatic rings. The van der Waals surface area contributed by atoms with Gasteiger partial charge in [0, 0.05) is 12.3 Å². The zero-order chi connectivity index (χ0) is 22.9. The summed E-state index contributed by atoms with van der Waals surface area (Å²) in [5.41, 5.74) is 4.01. The first-order valence-electron chi connectivity index (χ1n) is 10.3. The van der Waals surface area contributed by atoms with Gasteiger partial charge in [0.05, 0.1) is 22.8 Å². The molecule has 11 heteroatoms. The summed E-state index contributed by atoms with van der Waals surface area (Å²) in [5.74, 6) is -0.380. The third kappa shape index (κ3) is 4.03. The van der Waals surface area contributed by atoms with Crippen molar-refractivity contribution in [2.24, 2.45) is 0 Å². The molecule has 0 unspecified atom stereocenters. The smallest absolute Gasteiger partial charge is 0.269 e. The maximum Gasteiger partial charge on any atom is 0.269 e. The maximum absolute atomic E-state index is 12.8. The topological polar surface area (TPSA) is 132 Å². The monoisotopic (exact) mass is 444 g/mol. The van der Waals surface area contributed by atoms with E-state index < -0.39 is 5.56 Å². The minimum Gasteiger partial charge on any atom is -0.443 e. The molecule has 0 radical (unpaired) electrons. The minimum atomic E-state index is -0.404. The number of benzene rings is 1. The highest BCUT2D eigenvalue weighted by molar-refractivity contribution is 5.90. The van der Waals surface area contributed by atoms with Gasteiger partial charge in [0.2, 0.25) is 5.91 Å². The van der Waals surface area contributed by atoms with Crippen LogP contribution in [-0.2, 0) is 11.3 Å². The molecule has 0 aliphatic heterocycles. The standard InChI is InChI=1S/C22H20N8O3/c1-13(2)21-16(26-15-4-3-5-17-22(15)23-12-33-17)8-20(32)30(28-21)10-19(31)25-14-6-7-18-27-24-11-29(18)9-14/h3-9,11-13,26H,10H2,1-2H3,(H,25,31). The average Bonchev–Trinajstić information content (AvgIpc) is 3.44. The summed E-state index contributed by atoms with van der Waals surface area (Å²) in [6.45, 7) is 3.71.